The van der Waals surface area contributed by atoms with Crippen molar-refractivity contribution in [2.75, 3.05) is 18.0 Å². The van der Waals surface area contributed by atoms with Gasteiger partial charge in [-0.05, 0) is 32.7 Å². The van der Waals surface area contributed by atoms with E-state index in [1.165, 1.54) is 0 Å². The van der Waals surface area contributed by atoms with Gasteiger partial charge in [0.05, 0.1) is 0 Å². The Hall–Kier alpha value is -1.36. The minimum Gasteiger partial charge on any atom is -0.349 e. The van der Waals surface area contributed by atoms with Gasteiger partial charge in [-0.25, -0.2) is 4.98 Å². The van der Waals surface area contributed by atoms with E-state index in [0.29, 0.717) is 30.9 Å². The maximum Gasteiger partial charge on any atom is 0.293 e. The number of nitrogens with zero attached hydrogens (tertiary/aromatic N) is 3. The van der Waals surface area contributed by atoms with E-state index < -0.39 is 0 Å². The summed E-state index contributed by atoms with van der Waals surface area (Å²) in [6.07, 6.45) is 4.47. The van der Waals surface area contributed by atoms with Gasteiger partial charge in [0.15, 0.2) is 5.82 Å². The smallest absolute Gasteiger partial charge is 0.293 e. The van der Waals surface area contributed by atoms with Gasteiger partial charge < -0.3 is 15.2 Å². The minimum absolute atomic E-state index is 0.000443. The van der Waals surface area contributed by atoms with Crippen LogP contribution in [0, 0.1) is 5.92 Å². The summed E-state index contributed by atoms with van der Waals surface area (Å²) in [7, 11) is 0. The highest BCUT2D eigenvalue weighted by Crippen LogP contribution is 2.24. The van der Waals surface area contributed by atoms with Crippen LogP contribution in [0.4, 0.5) is 5.82 Å². The van der Waals surface area contributed by atoms with Gasteiger partial charge in [-0.3, -0.25) is 4.79 Å². The van der Waals surface area contributed by atoms with E-state index >= 15 is 0 Å². The lowest BCUT2D eigenvalue weighted by Crippen LogP contribution is -2.35. The number of anilines is 1. The summed E-state index contributed by atoms with van der Waals surface area (Å²) in [5.74, 6) is 1.04. The van der Waals surface area contributed by atoms with Gasteiger partial charge >= 0.3 is 0 Å². The quantitative estimate of drug-likeness (QED) is 0.827. The molecule has 1 aliphatic rings. The van der Waals surface area contributed by atoms with Crippen molar-refractivity contribution in [3.63, 3.8) is 0 Å². The fraction of sp³-hybridized carbons (Fsp3) is 0.667. The summed E-state index contributed by atoms with van der Waals surface area (Å²) in [5.41, 5.74) is 5.70. The van der Waals surface area contributed by atoms with E-state index in [2.05, 4.69) is 16.8 Å². The molecule has 1 aromatic heterocycles. The number of aromatic nitrogens is 2. The van der Waals surface area contributed by atoms with Gasteiger partial charge in [0.1, 0.15) is 0 Å². The van der Waals surface area contributed by atoms with E-state index in [9.17, 15) is 4.79 Å². The largest absolute Gasteiger partial charge is 0.349 e. The first-order valence-electron chi connectivity index (χ1n) is 6.19. The zero-order valence-electron chi connectivity index (χ0n) is 10.5. The zero-order chi connectivity index (χ0) is 12.4. The predicted molar refractivity (Wildman–Crippen MR) is 68.1 cm³/mol. The van der Waals surface area contributed by atoms with E-state index in [-0.39, 0.29) is 5.56 Å². The van der Waals surface area contributed by atoms with E-state index in [0.717, 1.165) is 13.0 Å². The second-order valence-electron chi connectivity index (χ2n) is 4.68. The summed E-state index contributed by atoms with van der Waals surface area (Å²) in [6.45, 7) is 6.28. The second-order valence-corrected chi connectivity index (χ2v) is 4.68. The van der Waals surface area contributed by atoms with Crippen LogP contribution in [0.3, 0.4) is 0 Å². The van der Waals surface area contributed by atoms with Gasteiger partial charge in [-0.2, -0.15) is 0 Å². The van der Waals surface area contributed by atoms with Crippen molar-refractivity contribution in [1.29, 1.82) is 0 Å². The first kappa shape index (κ1) is 12.1. The van der Waals surface area contributed by atoms with Crippen LogP contribution in [0.2, 0.25) is 0 Å². The Kier molecular flexibility index (Phi) is 3.47. The number of hydrogen-bond donors (Lipinski definition) is 1. The second kappa shape index (κ2) is 4.87. The van der Waals surface area contributed by atoms with Gasteiger partial charge in [-0.15, -0.1) is 0 Å². The number of rotatable bonds is 3. The summed E-state index contributed by atoms with van der Waals surface area (Å²) >= 11 is 0. The van der Waals surface area contributed by atoms with Crippen molar-refractivity contribution in [2.24, 2.45) is 11.7 Å². The lowest BCUT2D eigenvalue weighted by Gasteiger charge is -2.22. The van der Waals surface area contributed by atoms with E-state index in [1.54, 1.807) is 17.0 Å². The fourth-order valence-corrected chi connectivity index (χ4v) is 2.49. The number of nitrogens with two attached hydrogens (primary N) is 1. The molecule has 2 heterocycles. The van der Waals surface area contributed by atoms with Crippen molar-refractivity contribution in [3.05, 3.63) is 22.7 Å². The van der Waals surface area contributed by atoms with Crippen LogP contribution >= 0.6 is 0 Å². The van der Waals surface area contributed by atoms with Gasteiger partial charge in [0.2, 0.25) is 0 Å². The molecule has 2 N–H and O–H groups in total. The molecule has 94 valence electrons. The topological polar surface area (TPSA) is 64.2 Å². The maximum atomic E-state index is 12.2. The highest BCUT2D eigenvalue weighted by atomic mass is 16.1. The van der Waals surface area contributed by atoms with Crippen LogP contribution in [0.5, 0.6) is 0 Å². The molecule has 2 rings (SSSR count). The SMILES string of the molecule is CCn1ccnc(N2CC(CN)CC2C)c1=O. The molecule has 0 aromatic carbocycles. The van der Waals surface area contributed by atoms with Crippen LogP contribution < -0.4 is 16.2 Å². The monoisotopic (exact) mass is 236 g/mol. The summed E-state index contributed by atoms with van der Waals surface area (Å²) in [5, 5.41) is 0. The van der Waals surface area contributed by atoms with Crippen molar-refractivity contribution in [1.82, 2.24) is 9.55 Å². The summed E-state index contributed by atoms with van der Waals surface area (Å²) in [6, 6.07) is 0.344. The van der Waals surface area contributed by atoms with Gasteiger partial charge in [0, 0.05) is 31.5 Å². The molecule has 0 aliphatic carbocycles. The molecule has 5 heteroatoms. The Bertz CT molecular complexity index is 442. The first-order valence-corrected chi connectivity index (χ1v) is 6.19. The first-order chi connectivity index (χ1) is 8.17. The molecule has 1 aromatic rings. The van der Waals surface area contributed by atoms with Gasteiger partial charge in [-0.1, -0.05) is 0 Å². The lowest BCUT2D eigenvalue weighted by atomic mass is 10.1. The van der Waals surface area contributed by atoms with Crippen LogP contribution in [-0.4, -0.2) is 28.7 Å². The number of hydrogen-bond acceptors (Lipinski definition) is 4. The average molecular weight is 236 g/mol. The van der Waals surface area contributed by atoms with Crippen molar-refractivity contribution in [3.8, 4) is 0 Å². The maximum absolute atomic E-state index is 12.2. The van der Waals surface area contributed by atoms with Crippen LogP contribution in [0.1, 0.15) is 20.3 Å². The third-order valence-corrected chi connectivity index (χ3v) is 3.50. The van der Waals surface area contributed by atoms with Crippen LogP contribution in [0.25, 0.3) is 0 Å². The van der Waals surface area contributed by atoms with Crippen molar-refractivity contribution in [2.45, 2.75) is 32.9 Å². The molecule has 2 atom stereocenters. The molecule has 0 bridgehead atoms. The Balaban J connectivity index is 2.32. The van der Waals surface area contributed by atoms with Gasteiger partial charge in [0.25, 0.3) is 5.56 Å². The van der Waals surface area contributed by atoms with E-state index in [4.69, 9.17) is 5.73 Å². The fourth-order valence-electron chi connectivity index (χ4n) is 2.49. The predicted octanol–water partition coefficient (Wildman–Crippen LogP) is 0.437. The molecule has 1 aliphatic heterocycles. The highest BCUT2D eigenvalue weighted by molar-refractivity contribution is 5.38. The highest BCUT2D eigenvalue weighted by Gasteiger charge is 2.30. The molecule has 1 fully saturated rings. The Labute approximate surface area is 101 Å². The normalized spacial score (nSPS) is 24.3. The standard InChI is InChI=1S/C12H20N4O/c1-3-15-5-4-14-11(12(15)17)16-8-10(7-13)6-9(16)2/h4-5,9-10H,3,6-8,13H2,1-2H3. The average Bonchev–Trinajstić information content (AvgIpc) is 2.71. The molecule has 0 saturated carbocycles. The molecule has 17 heavy (non-hydrogen) atoms. The zero-order valence-corrected chi connectivity index (χ0v) is 10.5. The molecule has 5 nitrogen and oxygen atoms in total. The summed E-state index contributed by atoms with van der Waals surface area (Å²) < 4.78 is 1.69. The molecule has 1 saturated heterocycles. The van der Waals surface area contributed by atoms with E-state index in [1.807, 2.05) is 6.92 Å². The minimum atomic E-state index is -0.000443. The molecule has 0 radical (unpaired) electrons. The molecular weight excluding hydrogens is 216 g/mol. The third-order valence-electron chi connectivity index (χ3n) is 3.50. The Morgan fingerprint density at radius 2 is 2.35 bits per heavy atom. The lowest BCUT2D eigenvalue weighted by molar-refractivity contribution is 0.579. The molecule has 0 amide bonds. The Morgan fingerprint density at radius 1 is 1.59 bits per heavy atom. The summed E-state index contributed by atoms with van der Waals surface area (Å²) in [4.78, 5) is 18.5. The van der Waals surface area contributed by atoms with Crippen molar-refractivity contribution >= 4 is 5.82 Å². The molecule has 2 unspecified atom stereocenters. The number of aryl methyl sites for hydroxylation is 1. The van der Waals surface area contributed by atoms with Crippen LogP contribution in [0.15, 0.2) is 17.2 Å². The van der Waals surface area contributed by atoms with Crippen LogP contribution in [-0.2, 0) is 6.54 Å². The third kappa shape index (κ3) is 2.20. The molecule has 0 spiro atoms. The van der Waals surface area contributed by atoms with Crippen molar-refractivity contribution < 1.29 is 0 Å². The molecular formula is C12H20N4O. The Morgan fingerprint density at radius 3 is 2.94 bits per heavy atom.